The van der Waals surface area contributed by atoms with E-state index in [4.69, 9.17) is 43.7 Å². The predicted octanol–water partition coefficient (Wildman–Crippen LogP) is 25.3. The zero-order valence-electron chi connectivity index (χ0n) is 68.5. The zero-order valence-corrected chi connectivity index (χ0v) is 80.6. The minimum atomic E-state index is -3.69. The summed E-state index contributed by atoms with van der Waals surface area (Å²) in [6.07, 6.45) is 16.8. The molecule has 14 aromatic rings. The van der Waals surface area contributed by atoms with Crippen molar-refractivity contribution in [1.29, 1.82) is 31.6 Å². The summed E-state index contributed by atoms with van der Waals surface area (Å²) < 4.78 is 67.5. The van der Waals surface area contributed by atoms with Crippen LogP contribution in [0, 0.1) is 94.6 Å². The lowest BCUT2D eigenvalue weighted by atomic mass is 10.1. The van der Waals surface area contributed by atoms with Crippen LogP contribution < -0.4 is 16.0 Å². The maximum absolute atomic E-state index is 12.8. The second kappa shape index (κ2) is 52.7. The first-order valence-corrected chi connectivity index (χ1v) is 50.4. The lowest BCUT2D eigenvalue weighted by Crippen LogP contribution is -2.07. The SMILES string of the molecule is CN(C)/C=C/c1snc(SCc2ccc(Cl)cc2)c1C#N.COC(=O)c1ccccc1CSc1nsc(/C=C\Nc2ccccc2)c1C#N.CSc1nsc(/C=C\Nc2ccccc2)c1C#N.Cc1nc(CSc2nsc(/C=C\Nc3ccccc3)c2C#N)cs1.Cc1snc(S(=O)(=O)Cc2ccc(F)cc2)c1C#N.Cc1snc(SCc2cccc(Cl)c2)c1C#N. The maximum Gasteiger partial charge on any atom is 0.338 e. The standard InChI is InChI=1S/C21H17N3O2S2.C17H14N4S3.C15H14ClN3S2.C13H11N3S2.C12H9ClN2S2.C12H9FN2O2S2/c1-26-21(25)17-10-6-5-7-15(17)14-27-20-18(13-22)19(28-24-20)11-12-23-16-8-3-2-4-9-16;1-12-20-14(10-22-12)11-23-17-15(9-18)16(24-21-17)7-8-19-13-5-3-2-4-6-13;1-19(2)8-7-14-13(9-17)15(18-21-14)20-10-11-3-5-12(16)6-4-11;1-17-13-11(9-14)12(18-16-13)7-8-15-10-5-3-2-4-6-10;1-8-11(6-14)12(15-17-8)16-7-9-3-2-4-10(13)5-9;1-8-11(6-14)12(15-18-8)19(16,17)7-9-2-4-10(13)5-3-9/h2-12,23H,14H2,1H3;2-8,10,19H,11H2,1H3;3-8H,10H2,1-2H3;2-8,15H,1H3;2-5H,7H2,1H3;2-5H,7H2,1H3/b12-11-;8-7-;8-7+;8-7-;;. The molecule has 0 saturated carbocycles. The van der Waals surface area contributed by atoms with E-state index in [-0.39, 0.29) is 22.3 Å². The Kier molecular flexibility index (Phi) is 41.3. The van der Waals surface area contributed by atoms with Crippen molar-refractivity contribution >= 4 is 220 Å². The Morgan fingerprint density at radius 1 is 0.480 bits per heavy atom. The van der Waals surface area contributed by atoms with E-state index in [9.17, 15) is 33.4 Å². The average Bonchev–Trinajstić information content (AvgIpc) is 1.48. The molecule has 127 heavy (non-hydrogen) atoms. The van der Waals surface area contributed by atoms with Crippen molar-refractivity contribution in [3.63, 3.8) is 0 Å². The third kappa shape index (κ3) is 31.6. The number of nitrogens with one attached hydrogen (secondary N) is 3. The number of thiazole rings is 1. The van der Waals surface area contributed by atoms with Crippen molar-refractivity contribution in [2.24, 2.45) is 0 Å². The summed E-state index contributed by atoms with van der Waals surface area (Å²) in [5.74, 6) is 1.70. The lowest BCUT2D eigenvalue weighted by Gasteiger charge is -2.06. The summed E-state index contributed by atoms with van der Waals surface area (Å²) in [5, 5.41) is 73.1. The Balaban J connectivity index is 0.000000174. The molecule has 14 rings (SSSR count). The summed E-state index contributed by atoms with van der Waals surface area (Å²) >= 11 is 28.7. The van der Waals surface area contributed by atoms with Gasteiger partial charge in [0.15, 0.2) is 5.03 Å². The number of rotatable bonds is 28. The summed E-state index contributed by atoms with van der Waals surface area (Å²) in [6.45, 7) is 5.55. The molecule has 0 atom stereocenters. The molecule has 0 amide bonds. The molecule has 0 aliphatic carbocycles. The Bertz CT molecular complexity index is 6470. The van der Waals surface area contributed by atoms with Crippen LogP contribution >= 0.6 is 163 Å². The number of aryl methyl sites for hydroxylation is 3. The molecule has 7 aromatic carbocycles. The summed E-state index contributed by atoms with van der Waals surface area (Å²) in [4.78, 5) is 23.2. The normalized spacial score (nSPS) is 10.7. The molecule has 37 heteroatoms. The number of para-hydroxylation sites is 3. The van der Waals surface area contributed by atoms with E-state index in [0.717, 1.165) is 128 Å². The lowest BCUT2D eigenvalue weighted by molar-refractivity contribution is 0.0599. The van der Waals surface area contributed by atoms with Gasteiger partial charge in [-0.25, -0.2) is 22.6 Å². The highest BCUT2D eigenvalue weighted by molar-refractivity contribution is 7.99. The van der Waals surface area contributed by atoms with Crippen LogP contribution in [0.2, 0.25) is 10.0 Å². The van der Waals surface area contributed by atoms with Gasteiger partial charge in [0.2, 0.25) is 9.84 Å². The van der Waals surface area contributed by atoms with E-state index in [2.05, 4.69) is 77.5 Å². The van der Waals surface area contributed by atoms with E-state index in [1.807, 2.05) is 245 Å². The van der Waals surface area contributed by atoms with Crippen LogP contribution in [0.25, 0.3) is 24.3 Å². The Morgan fingerprint density at radius 2 is 0.906 bits per heavy atom. The van der Waals surface area contributed by atoms with Crippen molar-refractivity contribution < 1.29 is 22.3 Å². The molecule has 0 bridgehead atoms. The molecule has 7 heterocycles. The van der Waals surface area contributed by atoms with Gasteiger partial charge < -0.3 is 25.6 Å². The number of hydrogen-bond acceptors (Lipinski definition) is 33. The van der Waals surface area contributed by atoms with Crippen molar-refractivity contribution in [3.8, 4) is 36.4 Å². The number of thioether (sulfide) groups is 5. The van der Waals surface area contributed by atoms with E-state index < -0.39 is 15.7 Å². The second-order valence-corrected chi connectivity index (χ2v) is 39.4. The molecule has 0 unspecified atom stereocenters. The van der Waals surface area contributed by atoms with E-state index >= 15 is 0 Å². The van der Waals surface area contributed by atoms with Gasteiger partial charge in [-0.2, -0.15) is 57.8 Å². The van der Waals surface area contributed by atoms with Crippen molar-refractivity contribution in [1.82, 2.24) is 36.1 Å². The largest absolute Gasteiger partial charge is 0.465 e. The van der Waals surface area contributed by atoms with Crippen molar-refractivity contribution in [2.75, 3.05) is 43.4 Å². The van der Waals surface area contributed by atoms with Crippen molar-refractivity contribution in [3.05, 3.63) is 335 Å². The number of nitriles is 6. The number of nitrogens with zero attached hydrogens (tertiary/aromatic N) is 14. The molecule has 642 valence electrons. The Morgan fingerprint density at radius 3 is 1.38 bits per heavy atom. The highest BCUT2D eigenvalue weighted by Crippen LogP contribution is 2.36. The maximum atomic E-state index is 12.8. The number of esters is 1. The summed E-state index contributed by atoms with van der Waals surface area (Å²) in [7, 11) is 1.56. The van der Waals surface area contributed by atoms with Gasteiger partial charge in [0.05, 0.1) is 54.2 Å². The molecule has 0 spiro atoms. The monoisotopic (exact) mass is 1960 g/mol. The number of hydrogen-bond donors (Lipinski definition) is 3. The molecular weight excluding hydrogens is 1890 g/mol. The smallest absolute Gasteiger partial charge is 0.338 e. The average molecular weight is 1960 g/mol. The first-order chi connectivity index (χ1) is 61.6. The van der Waals surface area contributed by atoms with Crippen LogP contribution in [-0.2, 0) is 43.3 Å². The molecule has 3 N–H and O–H groups in total. The topological polar surface area (TPSA) is 333 Å². The van der Waals surface area contributed by atoms with Crippen LogP contribution in [0.4, 0.5) is 21.5 Å². The minimum absolute atomic E-state index is 0.0899. The van der Waals surface area contributed by atoms with Crippen LogP contribution in [0.3, 0.4) is 0 Å². The van der Waals surface area contributed by atoms with Crippen molar-refractivity contribution in [2.45, 2.75) is 79.7 Å². The van der Waals surface area contributed by atoms with Crippen LogP contribution in [0.15, 0.2) is 248 Å². The molecule has 0 fully saturated rings. The van der Waals surface area contributed by atoms with Gasteiger partial charge in [-0.1, -0.05) is 179 Å². The highest BCUT2D eigenvalue weighted by Gasteiger charge is 2.25. The van der Waals surface area contributed by atoms with Gasteiger partial charge in [-0.05, 0) is 222 Å². The Hall–Kier alpha value is -11.3. The molecule has 7 aromatic heterocycles. The van der Waals surface area contributed by atoms with Gasteiger partial charge in [-0.3, -0.25) is 0 Å². The number of ether oxygens (including phenoxy) is 1. The fourth-order valence-corrected chi connectivity index (χ4v) is 22.4. The number of carbonyl (C=O) groups is 1. The number of aromatic nitrogens is 7. The molecule has 0 aliphatic rings. The number of anilines is 3. The zero-order chi connectivity index (χ0) is 90.9. The van der Waals surface area contributed by atoms with Gasteiger partial charge >= 0.3 is 5.97 Å². The van der Waals surface area contributed by atoms with Crippen LogP contribution in [0.1, 0.15) is 106 Å². The molecule has 0 saturated heterocycles. The van der Waals surface area contributed by atoms with Crippen LogP contribution in [0.5, 0.6) is 0 Å². The van der Waals surface area contributed by atoms with Gasteiger partial charge in [-0.15, -0.1) is 23.1 Å². The fourth-order valence-electron chi connectivity index (χ4n) is 10.3. The third-order valence-electron chi connectivity index (χ3n) is 16.5. The van der Waals surface area contributed by atoms with E-state index in [1.165, 1.54) is 113 Å². The van der Waals surface area contributed by atoms with E-state index in [1.54, 1.807) is 71.9 Å². The molecular formula is C90H74Cl2FN17O4S13. The number of methoxy groups -OCH3 is 1. The number of carbonyl (C=O) groups excluding carboxylic acids is 1. The quantitative estimate of drug-likeness (QED) is 0.0303. The fraction of sp³-hybridized carbons (Fsp3) is 0.133. The van der Waals surface area contributed by atoms with E-state index in [0.29, 0.717) is 54.6 Å². The van der Waals surface area contributed by atoms with Crippen LogP contribution in [-0.4, -0.2) is 78.0 Å². The summed E-state index contributed by atoms with van der Waals surface area (Å²) in [5.41, 5.74) is 11.4. The number of sulfone groups is 1. The molecule has 0 aliphatic heterocycles. The first kappa shape index (κ1) is 99.5. The summed E-state index contributed by atoms with van der Waals surface area (Å²) in [6, 6.07) is 70.4. The van der Waals surface area contributed by atoms with Gasteiger partial charge in [0.25, 0.3) is 0 Å². The molecule has 0 radical (unpaired) electrons. The minimum Gasteiger partial charge on any atom is -0.465 e. The van der Waals surface area contributed by atoms with Gasteiger partial charge in [0, 0.05) is 104 Å². The third-order valence-corrected chi connectivity index (χ3v) is 29.7. The number of benzene rings is 7. The van der Waals surface area contributed by atoms with Gasteiger partial charge in [0.1, 0.15) is 95.2 Å². The number of halogens is 3. The second-order valence-electron chi connectivity index (χ2n) is 25.7. The highest BCUT2D eigenvalue weighted by atomic mass is 35.5. The predicted molar refractivity (Wildman–Crippen MR) is 525 cm³/mol. The first-order valence-electron chi connectivity index (χ1n) is 37.3. The molecule has 21 nitrogen and oxygen atoms in total. The Labute approximate surface area is 796 Å².